The highest BCUT2D eigenvalue weighted by atomic mass is 35.5. The fraction of sp³-hybridized carbons (Fsp3) is 0.462. The second-order valence-corrected chi connectivity index (χ2v) is 5.21. The molecule has 0 saturated heterocycles. The first-order valence-electron chi connectivity index (χ1n) is 5.60. The second kappa shape index (κ2) is 6.03. The Hall–Kier alpha value is -1.06. The number of aliphatic hydroxyl groups is 1. The van der Waals surface area contributed by atoms with Crippen molar-refractivity contribution in [1.29, 1.82) is 0 Å². The molecular formula is C13H18ClNO2. The van der Waals surface area contributed by atoms with Crippen LogP contribution >= 0.6 is 11.6 Å². The number of nitrogens with one attached hydrogen (secondary N) is 1. The van der Waals surface area contributed by atoms with Crippen molar-refractivity contribution in [2.75, 3.05) is 13.2 Å². The molecule has 1 aromatic rings. The van der Waals surface area contributed by atoms with E-state index in [0.29, 0.717) is 23.6 Å². The third-order valence-corrected chi connectivity index (χ3v) is 2.96. The van der Waals surface area contributed by atoms with Crippen LogP contribution in [-0.4, -0.2) is 24.2 Å². The van der Waals surface area contributed by atoms with Crippen molar-refractivity contribution in [1.82, 2.24) is 5.32 Å². The molecule has 94 valence electrons. The Morgan fingerprint density at radius 1 is 1.41 bits per heavy atom. The number of hydrogen-bond donors (Lipinski definition) is 2. The van der Waals surface area contributed by atoms with Gasteiger partial charge >= 0.3 is 0 Å². The lowest BCUT2D eigenvalue weighted by Gasteiger charge is -2.23. The Morgan fingerprint density at radius 2 is 2.06 bits per heavy atom. The van der Waals surface area contributed by atoms with Crippen molar-refractivity contribution in [3.63, 3.8) is 0 Å². The zero-order chi connectivity index (χ0) is 12.9. The summed E-state index contributed by atoms with van der Waals surface area (Å²) in [5, 5.41) is 12.2. The lowest BCUT2D eigenvalue weighted by atomic mass is 9.89. The molecule has 0 saturated carbocycles. The van der Waals surface area contributed by atoms with Crippen LogP contribution in [0.25, 0.3) is 0 Å². The Bertz CT molecular complexity index is 391. The standard InChI is InChI=1S/C13H18ClNO2/c1-13(2,7-8-16)9-15-12(17)10-5-3-4-6-11(10)14/h3-6,16H,7-9H2,1-2H3,(H,15,17). The molecule has 0 aromatic heterocycles. The fourth-order valence-electron chi connectivity index (χ4n) is 1.45. The smallest absolute Gasteiger partial charge is 0.252 e. The van der Waals surface area contributed by atoms with Crippen LogP contribution in [-0.2, 0) is 0 Å². The molecule has 0 heterocycles. The van der Waals surface area contributed by atoms with Gasteiger partial charge in [0.25, 0.3) is 5.91 Å². The van der Waals surface area contributed by atoms with Crippen molar-refractivity contribution in [3.8, 4) is 0 Å². The minimum absolute atomic E-state index is 0.119. The van der Waals surface area contributed by atoms with E-state index in [1.807, 2.05) is 13.8 Å². The summed E-state index contributed by atoms with van der Waals surface area (Å²) >= 11 is 5.93. The topological polar surface area (TPSA) is 49.3 Å². The number of carbonyl (C=O) groups is 1. The van der Waals surface area contributed by atoms with Gasteiger partial charge in [-0.3, -0.25) is 4.79 Å². The molecule has 17 heavy (non-hydrogen) atoms. The van der Waals surface area contributed by atoms with Crippen LogP contribution in [0.1, 0.15) is 30.6 Å². The molecule has 2 N–H and O–H groups in total. The van der Waals surface area contributed by atoms with E-state index in [1.165, 1.54) is 0 Å². The summed E-state index contributed by atoms with van der Waals surface area (Å²) in [5.41, 5.74) is 0.361. The van der Waals surface area contributed by atoms with Crippen molar-refractivity contribution < 1.29 is 9.90 Å². The molecule has 0 atom stereocenters. The first-order chi connectivity index (χ1) is 7.96. The van der Waals surface area contributed by atoms with Crippen molar-refractivity contribution in [2.45, 2.75) is 20.3 Å². The number of benzene rings is 1. The highest BCUT2D eigenvalue weighted by molar-refractivity contribution is 6.33. The summed E-state index contributed by atoms with van der Waals surface area (Å²) in [6.07, 6.45) is 0.649. The van der Waals surface area contributed by atoms with E-state index >= 15 is 0 Å². The number of aliphatic hydroxyl groups excluding tert-OH is 1. The highest BCUT2D eigenvalue weighted by Crippen LogP contribution is 2.19. The van der Waals surface area contributed by atoms with E-state index in [2.05, 4.69) is 5.32 Å². The molecule has 0 bridgehead atoms. The largest absolute Gasteiger partial charge is 0.396 e. The lowest BCUT2D eigenvalue weighted by Crippen LogP contribution is -2.34. The van der Waals surface area contributed by atoms with E-state index in [1.54, 1.807) is 24.3 Å². The highest BCUT2D eigenvalue weighted by Gasteiger charge is 2.19. The fourth-order valence-corrected chi connectivity index (χ4v) is 1.67. The molecule has 0 spiro atoms. The third-order valence-electron chi connectivity index (χ3n) is 2.63. The van der Waals surface area contributed by atoms with Crippen LogP contribution in [0.2, 0.25) is 5.02 Å². The van der Waals surface area contributed by atoms with Gasteiger partial charge in [-0.05, 0) is 24.0 Å². The van der Waals surface area contributed by atoms with E-state index in [0.717, 1.165) is 0 Å². The summed E-state index contributed by atoms with van der Waals surface area (Å²) in [6.45, 7) is 4.62. The molecule has 0 radical (unpaired) electrons. The van der Waals surface area contributed by atoms with Gasteiger partial charge in [-0.2, -0.15) is 0 Å². The normalized spacial score (nSPS) is 11.3. The maximum absolute atomic E-state index is 11.9. The molecule has 1 amide bonds. The van der Waals surface area contributed by atoms with Gasteiger partial charge in [-0.15, -0.1) is 0 Å². The van der Waals surface area contributed by atoms with Crippen LogP contribution in [0.15, 0.2) is 24.3 Å². The minimum atomic E-state index is -0.179. The first kappa shape index (κ1) is 14.0. The van der Waals surface area contributed by atoms with Crippen LogP contribution in [0.3, 0.4) is 0 Å². The zero-order valence-corrected chi connectivity index (χ0v) is 10.9. The molecule has 1 rings (SSSR count). The van der Waals surface area contributed by atoms with Gasteiger partial charge in [0.1, 0.15) is 0 Å². The average Bonchev–Trinajstić information content (AvgIpc) is 2.27. The van der Waals surface area contributed by atoms with Crippen LogP contribution < -0.4 is 5.32 Å². The van der Waals surface area contributed by atoms with E-state index in [4.69, 9.17) is 16.7 Å². The maximum atomic E-state index is 11.9. The van der Waals surface area contributed by atoms with E-state index in [-0.39, 0.29) is 17.9 Å². The van der Waals surface area contributed by atoms with E-state index < -0.39 is 0 Å². The molecular weight excluding hydrogens is 238 g/mol. The summed E-state index contributed by atoms with van der Waals surface area (Å²) < 4.78 is 0. The number of amides is 1. The summed E-state index contributed by atoms with van der Waals surface area (Å²) in [7, 11) is 0. The Kier molecular flexibility index (Phi) is 4.97. The molecule has 1 aromatic carbocycles. The van der Waals surface area contributed by atoms with Gasteiger partial charge in [0.2, 0.25) is 0 Å². The number of halogens is 1. The minimum Gasteiger partial charge on any atom is -0.396 e. The lowest BCUT2D eigenvalue weighted by molar-refractivity contribution is 0.0928. The third kappa shape index (κ3) is 4.36. The monoisotopic (exact) mass is 255 g/mol. The average molecular weight is 256 g/mol. The number of rotatable bonds is 5. The molecule has 0 fully saturated rings. The van der Waals surface area contributed by atoms with E-state index in [9.17, 15) is 4.79 Å². The molecule has 0 aliphatic heterocycles. The predicted octanol–water partition coefficient (Wildman–Crippen LogP) is 2.48. The Labute approximate surface area is 107 Å². The second-order valence-electron chi connectivity index (χ2n) is 4.80. The molecule has 4 heteroatoms. The van der Waals surface area contributed by atoms with Crippen LogP contribution in [0.5, 0.6) is 0 Å². The van der Waals surface area contributed by atoms with Crippen LogP contribution in [0, 0.1) is 5.41 Å². The Balaban J connectivity index is 2.59. The molecule has 0 unspecified atom stereocenters. The molecule has 0 aliphatic carbocycles. The van der Waals surface area contributed by atoms with Gasteiger partial charge in [0.05, 0.1) is 10.6 Å². The maximum Gasteiger partial charge on any atom is 0.252 e. The van der Waals surface area contributed by atoms with Gasteiger partial charge in [-0.25, -0.2) is 0 Å². The number of hydrogen-bond acceptors (Lipinski definition) is 2. The predicted molar refractivity (Wildman–Crippen MR) is 69.3 cm³/mol. The number of carbonyl (C=O) groups excluding carboxylic acids is 1. The molecule has 3 nitrogen and oxygen atoms in total. The van der Waals surface area contributed by atoms with Crippen molar-refractivity contribution >= 4 is 17.5 Å². The van der Waals surface area contributed by atoms with Crippen molar-refractivity contribution in [3.05, 3.63) is 34.9 Å². The summed E-state index contributed by atoms with van der Waals surface area (Å²) in [5.74, 6) is -0.179. The Morgan fingerprint density at radius 3 is 2.65 bits per heavy atom. The zero-order valence-electron chi connectivity index (χ0n) is 10.2. The first-order valence-corrected chi connectivity index (χ1v) is 5.98. The van der Waals surface area contributed by atoms with Gasteiger partial charge in [0.15, 0.2) is 0 Å². The van der Waals surface area contributed by atoms with Gasteiger partial charge < -0.3 is 10.4 Å². The SMILES string of the molecule is CC(C)(CCO)CNC(=O)c1ccccc1Cl. The summed E-state index contributed by atoms with van der Waals surface area (Å²) in [6, 6.07) is 6.94. The quantitative estimate of drug-likeness (QED) is 0.849. The summed E-state index contributed by atoms with van der Waals surface area (Å²) in [4.78, 5) is 11.9. The van der Waals surface area contributed by atoms with Crippen molar-refractivity contribution in [2.24, 2.45) is 5.41 Å². The molecule has 0 aliphatic rings. The van der Waals surface area contributed by atoms with Gasteiger partial charge in [0, 0.05) is 13.2 Å². The van der Waals surface area contributed by atoms with Gasteiger partial charge in [-0.1, -0.05) is 37.6 Å². The van der Waals surface area contributed by atoms with Crippen LogP contribution in [0.4, 0.5) is 0 Å².